The summed E-state index contributed by atoms with van der Waals surface area (Å²) >= 11 is 0.879. The van der Waals surface area contributed by atoms with Gasteiger partial charge in [-0.3, -0.25) is 4.79 Å². The number of carbonyl (C=O) groups excluding carboxylic acids is 1. The Morgan fingerprint density at radius 1 is 1.20 bits per heavy atom. The van der Waals surface area contributed by atoms with Gasteiger partial charge in [0.2, 0.25) is 5.91 Å². The maximum Gasteiger partial charge on any atom is 0.420 e. The molecule has 0 saturated heterocycles. The lowest BCUT2D eigenvalue weighted by Gasteiger charge is -2.12. The van der Waals surface area contributed by atoms with Gasteiger partial charge in [0.25, 0.3) is 0 Å². The third-order valence-electron chi connectivity index (χ3n) is 3.02. The predicted octanol–water partition coefficient (Wildman–Crippen LogP) is 3.21. The Labute approximate surface area is 146 Å². The zero-order chi connectivity index (χ0) is 18.7. The number of hydrogen-bond donors (Lipinski definition) is 1. The summed E-state index contributed by atoms with van der Waals surface area (Å²) in [5, 5.41) is 2.57. The van der Waals surface area contributed by atoms with Crippen LogP contribution in [0.1, 0.15) is 17.4 Å². The molecule has 136 valence electrons. The molecule has 0 radical (unpaired) electrons. The molecule has 2 rings (SSSR count). The SMILES string of the molecule is CC(=O)NCCc1ccc(S(=O)(=O)Oc2ccccc2C(F)(F)F)s1. The molecule has 1 aromatic heterocycles. The van der Waals surface area contributed by atoms with Gasteiger partial charge in [-0.25, -0.2) is 0 Å². The highest BCUT2D eigenvalue weighted by Crippen LogP contribution is 2.37. The highest BCUT2D eigenvalue weighted by molar-refractivity contribution is 7.89. The second kappa shape index (κ2) is 7.44. The largest absolute Gasteiger partial charge is 0.420 e. The smallest absolute Gasteiger partial charge is 0.378 e. The van der Waals surface area contributed by atoms with E-state index in [-0.39, 0.29) is 10.1 Å². The monoisotopic (exact) mass is 393 g/mol. The van der Waals surface area contributed by atoms with Crippen molar-refractivity contribution in [3.05, 3.63) is 46.8 Å². The van der Waals surface area contributed by atoms with Crippen molar-refractivity contribution in [3.63, 3.8) is 0 Å². The van der Waals surface area contributed by atoms with Crippen molar-refractivity contribution < 1.29 is 30.6 Å². The molecule has 1 amide bonds. The molecule has 0 atom stereocenters. The Balaban J connectivity index is 2.18. The fourth-order valence-electron chi connectivity index (χ4n) is 1.92. The van der Waals surface area contributed by atoms with Crippen molar-refractivity contribution in [1.29, 1.82) is 0 Å². The number of para-hydroxylation sites is 1. The Morgan fingerprint density at radius 3 is 2.52 bits per heavy atom. The van der Waals surface area contributed by atoms with Crippen LogP contribution in [0.5, 0.6) is 5.75 Å². The molecule has 25 heavy (non-hydrogen) atoms. The minimum atomic E-state index is -4.73. The minimum Gasteiger partial charge on any atom is -0.378 e. The van der Waals surface area contributed by atoms with E-state index in [1.807, 2.05) is 0 Å². The average molecular weight is 393 g/mol. The Bertz CT molecular complexity index is 860. The van der Waals surface area contributed by atoms with E-state index in [1.165, 1.54) is 25.1 Å². The fourth-order valence-corrected chi connectivity index (χ4v) is 4.19. The first kappa shape index (κ1) is 19.3. The predicted molar refractivity (Wildman–Crippen MR) is 86.0 cm³/mol. The van der Waals surface area contributed by atoms with Gasteiger partial charge in [-0.15, -0.1) is 11.3 Å². The lowest BCUT2D eigenvalue weighted by atomic mass is 10.2. The van der Waals surface area contributed by atoms with Crippen LogP contribution in [0, 0.1) is 0 Å². The van der Waals surface area contributed by atoms with Crippen molar-refractivity contribution in [1.82, 2.24) is 5.32 Å². The molecule has 5 nitrogen and oxygen atoms in total. The van der Waals surface area contributed by atoms with Gasteiger partial charge in [-0.1, -0.05) is 12.1 Å². The second-order valence-electron chi connectivity index (χ2n) is 4.99. The first-order valence-electron chi connectivity index (χ1n) is 7.03. The number of thiophene rings is 1. The molecular formula is C15H14F3NO4S2. The lowest BCUT2D eigenvalue weighted by Crippen LogP contribution is -2.22. The second-order valence-corrected chi connectivity index (χ2v) is 7.93. The van der Waals surface area contributed by atoms with E-state index >= 15 is 0 Å². The maximum atomic E-state index is 12.9. The number of rotatable bonds is 6. The minimum absolute atomic E-state index is 0.206. The van der Waals surface area contributed by atoms with Crippen LogP contribution >= 0.6 is 11.3 Å². The van der Waals surface area contributed by atoms with E-state index in [2.05, 4.69) is 5.32 Å². The van der Waals surface area contributed by atoms with Crippen molar-refractivity contribution in [3.8, 4) is 5.75 Å². The zero-order valence-electron chi connectivity index (χ0n) is 13.0. The van der Waals surface area contributed by atoms with Crippen molar-refractivity contribution in [2.45, 2.75) is 23.7 Å². The molecule has 0 aliphatic heterocycles. The zero-order valence-corrected chi connectivity index (χ0v) is 14.6. The number of hydrogen-bond acceptors (Lipinski definition) is 5. The van der Waals surface area contributed by atoms with Crippen molar-refractivity contribution >= 4 is 27.4 Å². The summed E-state index contributed by atoms with van der Waals surface area (Å²) in [6.45, 7) is 1.68. The van der Waals surface area contributed by atoms with Gasteiger partial charge in [0.05, 0.1) is 5.56 Å². The van der Waals surface area contributed by atoms with E-state index in [0.717, 1.165) is 29.5 Å². The van der Waals surface area contributed by atoms with Gasteiger partial charge in [0.1, 0.15) is 0 Å². The van der Waals surface area contributed by atoms with Gasteiger partial charge in [0, 0.05) is 18.3 Å². The standard InChI is InChI=1S/C15H14F3NO4S2/c1-10(20)19-9-8-11-6-7-14(24-11)25(21,22)23-13-5-3-2-4-12(13)15(16,17)18/h2-7H,8-9H2,1H3,(H,19,20). The molecule has 0 aliphatic carbocycles. The van der Waals surface area contributed by atoms with E-state index in [4.69, 9.17) is 4.18 Å². The quantitative estimate of drug-likeness (QED) is 0.765. The first-order valence-corrected chi connectivity index (χ1v) is 9.26. The third kappa shape index (κ3) is 5.20. The summed E-state index contributed by atoms with van der Waals surface area (Å²) in [6.07, 6.45) is -4.33. The number of carbonyl (C=O) groups is 1. The molecule has 2 aromatic rings. The average Bonchev–Trinajstić information content (AvgIpc) is 2.95. The summed E-state index contributed by atoms with van der Waals surface area (Å²) in [6, 6.07) is 6.89. The van der Waals surface area contributed by atoms with Gasteiger partial charge >= 0.3 is 16.3 Å². The van der Waals surface area contributed by atoms with Crippen LogP contribution < -0.4 is 9.50 Å². The molecule has 0 spiro atoms. The first-order chi connectivity index (χ1) is 11.6. The molecule has 10 heteroatoms. The Morgan fingerprint density at radius 2 is 1.88 bits per heavy atom. The Hall–Kier alpha value is -2.07. The van der Waals surface area contributed by atoms with Gasteiger partial charge in [0.15, 0.2) is 9.96 Å². The molecule has 0 aliphatic rings. The summed E-state index contributed by atoms with van der Waals surface area (Å²) in [5.74, 6) is -0.986. The van der Waals surface area contributed by atoms with Gasteiger partial charge in [-0.2, -0.15) is 21.6 Å². The summed E-state index contributed by atoms with van der Waals surface area (Å²) in [7, 11) is -4.39. The summed E-state index contributed by atoms with van der Waals surface area (Å²) in [4.78, 5) is 11.5. The highest BCUT2D eigenvalue weighted by Gasteiger charge is 2.35. The number of halogens is 3. The van der Waals surface area contributed by atoms with Crippen LogP contribution in [0.15, 0.2) is 40.6 Å². The van der Waals surface area contributed by atoms with Crippen LogP contribution in [0.2, 0.25) is 0 Å². The molecule has 0 bridgehead atoms. The van der Waals surface area contributed by atoms with Crippen molar-refractivity contribution in [2.24, 2.45) is 0 Å². The molecule has 1 N–H and O–H groups in total. The number of nitrogens with one attached hydrogen (secondary N) is 1. The maximum absolute atomic E-state index is 12.9. The van der Waals surface area contributed by atoms with Gasteiger partial charge in [-0.05, 0) is 30.7 Å². The summed E-state index contributed by atoms with van der Waals surface area (Å²) in [5.41, 5.74) is -1.17. The number of alkyl halides is 3. The van der Waals surface area contributed by atoms with E-state index in [0.29, 0.717) is 17.8 Å². The molecule has 1 aromatic carbocycles. The molecule has 0 fully saturated rings. The Kier molecular flexibility index (Phi) is 5.73. The molecular weight excluding hydrogens is 379 g/mol. The van der Waals surface area contributed by atoms with Crippen LogP contribution in [0.3, 0.4) is 0 Å². The van der Waals surface area contributed by atoms with Crippen molar-refractivity contribution in [2.75, 3.05) is 6.54 Å². The summed E-state index contributed by atoms with van der Waals surface area (Å²) < 4.78 is 67.7. The topological polar surface area (TPSA) is 72.5 Å². The van der Waals surface area contributed by atoms with Crippen LogP contribution in [-0.4, -0.2) is 20.9 Å². The molecule has 1 heterocycles. The van der Waals surface area contributed by atoms with Crippen LogP contribution in [-0.2, 0) is 27.5 Å². The molecule has 0 unspecified atom stereocenters. The highest BCUT2D eigenvalue weighted by atomic mass is 32.3. The van der Waals surface area contributed by atoms with E-state index < -0.39 is 27.6 Å². The lowest BCUT2D eigenvalue weighted by molar-refractivity contribution is -0.138. The number of benzene rings is 1. The van der Waals surface area contributed by atoms with E-state index in [9.17, 15) is 26.4 Å². The normalized spacial score (nSPS) is 12.0. The van der Waals surface area contributed by atoms with Crippen LogP contribution in [0.25, 0.3) is 0 Å². The molecule has 0 saturated carbocycles. The van der Waals surface area contributed by atoms with E-state index in [1.54, 1.807) is 0 Å². The fraction of sp³-hybridized carbons (Fsp3) is 0.267. The van der Waals surface area contributed by atoms with Gasteiger partial charge < -0.3 is 9.50 Å². The van der Waals surface area contributed by atoms with Crippen LogP contribution in [0.4, 0.5) is 13.2 Å². The number of amides is 1. The third-order valence-corrected chi connectivity index (χ3v) is 5.85.